The van der Waals surface area contributed by atoms with Crippen LogP contribution in [0.1, 0.15) is 68.6 Å². The SMILES string of the molecule is [2H]C1(S(=O)(=O)NC(=O)[C@@]2(NC(=O)[C@@H]3C[C@@H](Oc4ncc(OC)c5ccc(Cl)cc45)CN3C(=O)[C@@H](NC(=O)OC(C)(C)C)C(C)(C)C)C[C@H]2C=C)CC1. The molecule has 2 saturated carbocycles. The zero-order valence-electron chi connectivity index (χ0n) is 30.8. The number of aromatic nitrogens is 1. The van der Waals surface area contributed by atoms with E-state index in [2.05, 4.69) is 22.2 Å². The number of methoxy groups -OCH3 is 1. The molecule has 16 heteroatoms. The number of nitrogens with one attached hydrogen (secondary N) is 3. The predicted molar refractivity (Wildman–Crippen MR) is 190 cm³/mol. The van der Waals surface area contributed by atoms with Crippen molar-refractivity contribution in [3.05, 3.63) is 42.1 Å². The molecule has 1 saturated heterocycles. The zero-order valence-corrected chi connectivity index (χ0v) is 31.4. The molecule has 3 fully saturated rings. The minimum absolute atomic E-state index is 0.0543. The van der Waals surface area contributed by atoms with E-state index >= 15 is 0 Å². The highest BCUT2D eigenvalue weighted by Gasteiger charge is 2.62. The van der Waals surface area contributed by atoms with Crippen molar-refractivity contribution in [2.24, 2.45) is 11.3 Å². The molecule has 0 unspecified atom stereocenters. The summed E-state index contributed by atoms with van der Waals surface area (Å²) in [5.41, 5.74) is -3.38. The average molecular weight is 749 g/mol. The maximum absolute atomic E-state index is 14.5. The van der Waals surface area contributed by atoms with Crippen LogP contribution >= 0.6 is 11.6 Å². The average Bonchev–Trinajstić information content (AvgIpc) is 3.92. The van der Waals surface area contributed by atoms with Crippen molar-refractivity contribution in [2.75, 3.05) is 13.7 Å². The van der Waals surface area contributed by atoms with Crippen molar-refractivity contribution in [2.45, 2.75) is 102 Å². The van der Waals surface area contributed by atoms with Gasteiger partial charge in [0.15, 0.2) is 0 Å². The number of ether oxygens (including phenoxy) is 3. The zero-order chi connectivity index (χ0) is 38.6. The van der Waals surface area contributed by atoms with Crippen LogP contribution in [0, 0.1) is 11.3 Å². The van der Waals surface area contributed by atoms with Gasteiger partial charge in [0.2, 0.25) is 27.7 Å². The number of pyridine rings is 1. The first kappa shape index (κ1) is 36.7. The Morgan fingerprint density at radius 3 is 2.41 bits per heavy atom. The highest BCUT2D eigenvalue weighted by atomic mass is 35.5. The highest BCUT2D eigenvalue weighted by molar-refractivity contribution is 7.91. The Bertz CT molecular complexity index is 1910. The number of sulfonamides is 1. The summed E-state index contributed by atoms with van der Waals surface area (Å²) in [5.74, 6) is -2.30. The Morgan fingerprint density at radius 1 is 1.16 bits per heavy atom. The lowest BCUT2D eigenvalue weighted by atomic mass is 9.85. The fraction of sp³-hybridized carbons (Fsp3) is 0.571. The van der Waals surface area contributed by atoms with Gasteiger partial charge in [0.1, 0.15) is 35.1 Å². The van der Waals surface area contributed by atoms with Gasteiger partial charge in [-0.3, -0.25) is 19.1 Å². The van der Waals surface area contributed by atoms with Crippen molar-refractivity contribution in [3.8, 4) is 11.6 Å². The van der Waals surface area contributed by atoms with Crippen LogP contribution in [-0.4, -0.2) is 90.3 Å². The smallest absolute Gasteiger partial charge is 0.408 e. The molecule has 1 aromatic carbocycles. The van der Waals surface area contributed by atoms with Crippen LogP contribution in [0.3, 0.4) is 0 Å². The van der Waals surface area contributed by atoms with Crippen LogP contribution in [-0.2, 0) is 29.1 Å². The summed E-state index contributed by atoms with van der Waals surface area (Å²) in [6.45, 7) is 13.9. The fourth-order valence-corrected chi connectivity index (χ4v) is 7.52. The number of alkyl carbamates (subject to hydrolysis) is 1. The first-order chi connectivity index (χ1) is 24.0. The lowest BCUT2D eigenvalue weighted by Crippen LogP contribution is -2.60. The first-order valence-corrected chi connectivity index (χ1v) is 18.5. The lowest BCUT2D eigenvalue weighted by Gasteiger charge is -2.36. The molecule has 14 nitrogen and oxygen atoms in total. The van der Waals surface area contributed by atoms with Crippen LogP contribution in [0.15, 0.2) is 37.1 Å². The van der Waals surface area contributed by atoms with E-state index in [1.54, 1.807) is 59.7 Å². The summed E-state index contributed by atoms with van der Waals surface area (Å²) in [6, 6.07) is 2.72. The van der Waals surface area contributed by atoms with E-state index in [-0.39, 0.29) is 38.1 Å². The fourth-order valence-electron chi connectivity index (χ4n) is 6.14. The van der Waals surface area contributed by atoms with Crippen molar-refractivity contribution < 1.29 is 43.2 Å². The molecule has 1 aromatic heterocycles. The van der Waals surface area contributed by atoms with E-state index in [1.807, 2.05) is 4.72 Å². The molecule has 0 spiro atoms. The van der Waals surface area contributed by atoms with Crippen LogP contribution < -0.4 is 24.8 Å². The summed E-state index contributed by atoms with van der Waals surface area (Å²) in [4.78, 5) is 60.9. The monoisotopic (exact) mass is 748 g/mol. The van der Waals surface area contributed by atoms with E-state index in [1.165, 1.54) is 24.3 Å². The van der Waals surface area contributed by atoms with E-state index in [4.69, 9.17) is 27.2 Å². The number of carbonyl (C=O) groups is 4. The summed E-state index contributed by atoms with van der Waals surface area (Å²) in [6.07, 6.45) is 1.46. The van der Waals surface area contributed by atoms with Gasteiger partial charge in [-0.1, -0.05) is 38.4 Å². The summed E-state index contributed by atoms with van der Waals surface area (Å²) in [7, 11) is -2.84. The standard InChI is InChI=1S/C35H46ClN5O9S/c1-9-19-16-35(19,31(44)40-51(46,47)22-11-12-22)39-28(42)25-15-21(49-29-24-14-20(36)10-13-23(24)26(48-8)17-37-29)18-41(25)30(43)27(33(2,3)4)38-32(45)50-34(5,6)7/h9-10,13-14,17,19,21-22,25,27H,1,11-12,15-16,18H2,2-8H3,(H,38,45)(H,39,42)(H,40,44)/t19-,21-,25+,27-,35-/m1/s1/i22D. The minimum atomic E-state index is -4.34. The maximum Gasteiger partial charge on any atom is 0.408 e. The van der Waals surface area contributed by atoms with Gasteiger partial charge >= 0.3 is 6.09 Å². The minimum Gasteiger partial charge on any atom is -0.494 e. The molecule has 4 amide bonds. The summed E-state index contributed by atoms with van der Waals surface area (Å²) < 4.78 is 52.9. The van der Waals surface area contributed by atoms with Crippen LogP contribution in [0.4, 0.5) is 4.79 Å². The van der Waals surface area contributed by atoms with Gasteiger partial charge in [-0.25, -0.2) is 18.2 Å². The van der Waals surface area contributed by atoms with Crippen LogP contribution in [0.25, 0.3) is 10.8 Å². The Balaban J connectivity index is 1.47. The van der Waals surface area contributed by atoms with Crippen LogP contribution in [0.2, 0.25) is 5.02 Å². The number of rotatable bonds is 11. The van der Waals surface area contributed by atoms with Gasteiger partial charge < -0.3 is 29.7 Å². The second-order valence-corrected chi connectivity index (χ2v) is 17.5. The molecule has 0 bridgehead atoms. The molecule has 3 aliphatic rings. The number of amides is 4. The molecule has 0 radical (unpaired) electrons. The Hall–Kier alpha value is -4.11. The predicted octanol–water partition coefficient (Wildman–Crippen LogP) is 3.85. The molecule has 3 N–H and O–H groups in total. The quantitative estimate of drug-likeness (QED) is 0.286. The van der Waals surface area contributed by atoms with Crippen molar-refractivity contribution in [1.29, 1.82) is 0 Å². The molecule has 2 aliphatic carbocycles. The molecule has 5 atom stereocenters. The third-order valence-corrected chi connectivity index (χ3v) is 10.9. The number of carbonyl (C=O) groups excluding carboxylic acids is 4. The van der Waals surface area contributed by atoms with Crippen molar-refractivity contribution in [3.63, 3.8) is 0 Å². The van der Waals surface area contributed by atoms with Crippen LogP contribution in [0.5, 0.6) is 11.6 Å². The normalized spacial score (nSPS) is 24.8. The third kappa shape index (κ3) is 8.35. The Morgan fingerprint density at radius 2 is 1.84 bits per heavy atom. The number of nitrogens with zero attached hydrogens (tertiary/aromatic N) is 2. The van der Waals surface area contributed by atoms with Crippen molar-refractivity contribution >= 4 is 56.2 Å². The molecule has 2 aromatic rings. The summed E-state index contributed by atoms with van der Waals surface area (Å²) >= 11 is 6.31. The van der Waals surface area contributed by atoms with E-state index in [0.29, 0.717) is 21.5 Å². The van der Waals surface area contributed by atoms with Gasteiger partial charge in [0, 0.05) is 29.5 Å². The van der Waals surface area contributed by atoms with Gasteiger partial charge in [-0.15, -0.1) is 6.58 Å². The lowest BCUT2D eigenvalue weighted by molar-refractivity contribution is -0.143. The molecule has 2 heterocycles. The maximum atomic E-state index is 14.5. The Labute approximate surface area is 304 Å². The number of likely N-dealkylation sites (tertiary alicyclic amines) is 1. The number of fused-ring (bicyclic) bond motifs is 1. The van der Waals surface area contributed by atoms with E-state index in [0.717, 1.165) is 0 Å². The first-order valence-electron chi connectivity index (χ1n) is 17.1. The number of hydrogen-bond acceptors (Lipinski definition) is 10. The third-order valence-electron chi connectivity index (χ3n) is 9.01. The number of hydrogen-bond donors (Lipinski definition) is 3. The largest absolute Gasteiger partial charge is 0.494 e. The molecular formula is C35H46ClN5O9S. The topological polar surface area (TPSA) is 182 Å². The van der Waals surface area contributed by atoms with Gasteiger partial charge in [-0.2, -0.15) is 0 Å². The number of halogens is 1. The molecular weight excluding hydrogens is 702 g/mol. The molecule has 278 valence electrons. The molecule has 51 heavy (non-hydrogen) atoms. The van der Waals surface area contributed by atoms with Gasteiger partial charge in [0.25, 0.3) is 5.91 Å². The summed E-state index contributed by atoms with van der Waals surface area (Å²) in [5, 5.41) is 5.19. The number of benzene rings is 1. The van der Waals surface area contributed by atoms with E-state index in [9.17, 15) is 27.6 Å². The second-order valence-electron chi connectivity index (χ2n) is 15.2. The van der Waals surface area contributed by atoms with E-state index < -0.39 is 79.7 Å². The van der Waals surface area contributed by atoms with Gasteiger partial charge in [-0.05, 0) is 63.6 Å². The second kappa shape index (κ2) is 13.8. The highest BCUT2D eigenvalue weighted by Crippen LogP contribution is 2.45. The molecule has 1 aliphatic heterocycles. The van der Waals surface area contributed by atoms with Crippen molar-refractivity contribution in [1.82, 2.24) is 25.2 Å². The Kier molecular flexibility index (Phi) is 9.92. The van der Waals surface area contributed by atoms with Gasteiger partial charge in [0.05, 0.1) is 25.1 Å². The molecule has 5 rings (SSSR count).